The summed E-state index contributed by atoms with van der Waals surface area (Å²) < 4.78 is 1.68. The third-order valence-electron chi connectivity index (χ3n) is 5.18. The smallest absolute Gasteiger partial charge is 0.251 e. The van der Waals surface area contributed by atoms with Crippen molar-refractivity contribution in [2.75, 3.05) is 6.54 Å². The van der Waals surface area contributed by atoms with Crippen molar-refractivity contribution in [3.8, 4) is 5.69 Å². The average Bonchev–Trinajstić information content (AvgIpc) is 3.41. The summed E-state index contributed by atoms with van der Waals surface area (Å²) >= 11 is 0. The molecule has 29 heavy (non-hydrogen) atoms. The van der Waals surface area contributed by atoms with Gasteiger partial charge in [0.2, 0.25) is 5.91 Å². The van der Waals surface area contributed by atoms with Gasteiger partial charge in [0.25, 0.3) is 5.91 Å². The Labute approximate surface area is 169 Å². The molecular formula is C22H23N5O2. The van der Waals surface area contributed by atoms with Crippen molar-refractivity contribution >= 4 is 11.8 Å². The molecule has 1 saturated heterocycles. The number of likely N-dealkylation sites (tertiary alicyclic amines) is 1. The van der Waals surface area contributed by atoms with E-state index >= 15 is 0 Å². The zero-order chi connectivity index (χ0) is 20.2. The number of nitrogens with zero attached hydrogens (tertiary/aromatic N) is 4. The van der Waals surface area contributed by atoms with E-state index in [9.17, 15) is 9.59 Å². The van der Waals surface area contributed by atoms with Gasteiger partial charge in [0.1, 0.15) is 12.7 Å². The summed E-state index contributed by atoms with van der Waals surface area (Å²) in [5.41, 5.74) is 3.56. The highest BCUT2D eigenvalue weighted by Crippen LogP contribution is 2.17. The summed E-state index contributed by atoms with van der Waals surface area (Å²) in [5.74, 6) is 0.0807. The fourth-order valence-electron chi connectivity index (χ4n) is 3.47. The van der Waals surface area contributed by atoms with Crippen molar-refractivity contribution in [3.05, 3.63) is 77.9 Å². The molecule has 2 heterocycles. The van der Waals surface area contributed by atoms with Gasteiger partial charge in [0.05, 0.1) is 11.7 Å². The fourth-order valence-corrected chi connectivity index (χ4v) is 3.47. The second kappa shape index (κ2) is 8.26. The van der Waals surface area contributed by atoms with Gasteiger partial charge in [-0.05, 0) is 48.7 Å². The minimum atomic E-state index is -0.130. The second-order valence-corrected chi connectivity index (χ2v) is 7.24. The molecule has 1 atom stereocenters. The Balaban J connectivity index is 1.36. The number of hydrogen-bond donors (Lipinski definition) is 1. The molecule has 0 radical (unpaired) electrons. The predicted octanol–water partition coefficient (Wildman–Crippen LogP) is 2.88. The van der Waals surface area contributed by atoms with E-state index in [0.717, 1.165) is 29.8 Å². The van der Waals surface area contributed by atoms with E-state index in [1.54, 1.807) is 11.0 Å². The topological polar surface area (TPSA) is 80.1 Å². The van der Waals surface area contributed by atoms with Gasteiger partial charge in [-0.2, -0.15) is 5.10 Å². The van der Waals surface area contributed by atoms with E-state index in [0.29, 0.717) is 18.5 Å². The highest BCUT2D eigenvalue weighted by molar-refractivity contribution is 5.94. The van der Waals surface area contributed by atoms with Crippen molar-refractivity contribution < 1.29 is 9.59 Å². The fraction of sp³-hybridized carbons (Fsp3) is 0.273. The third kappa shape index (κ3) is 4.34. The average molecular weight is 389 g/mol. The number of hydrogen-bond acceptors (Lipinski definition) is 4. The van der Waals surface area contributed by atoms with E-state index in [4.69, 9.17) is 0 Å². The standard InChI is InChI=1S/C22H23N5O2/c1-16(18-8-10-20(11-9-18)27-15-23-14-24-27)25-22(29)19-6-4-17(5-7-19)13-26-12-2-3-21(26)28/h4-11,14-16H,2-3,12-13H2,1H3,(H,25,29)/t16-/m1/s1. The monoisotopic (exact) mass is 389 g/mol. The van der Waals surface area contributed by atoms with Crippen molar-refractivity contribution in [2.24, 2.45) is 0 Å². The molecule has 0 spiro atoms. The maximum Gasteiger partial charge on any atom is 0.251 e. The van der Waals surface area contributed by atoms with E-state index in [-0.39, 0.29) is 17.9 Å². The Hall–Kier alpha value is -3.48. The zero-order valence-corrected chi connectivity index (χ0v) is 16.3. The van der Waals surface area contributed by atoms with Crippen molar-refractivity contribution in [1.82, 2.24) is 25.0 Å². The van der Waals surface area contributed by atoms with Crippen molar-refractivity contribution in [3.63, 3.8) is 0 Å². The van der Waals surface area contributed by atoms with Crippen LogP contribution in [0, 0.1) is 0 Å². The first-order chi connectivity index (χ1) is 14.1. The van der Waals surface area contributed by atoms with Gasteiger partial charge >= 0.3 is 0 Å². The van der Waals surface area contributed by atoms with E-state index in [1.165, 1.54) is 6.33 Å². The number of rotatable bonds is 6. The molecule has 7 nitrogen and oxygen atoms in total. The highest BCUT2D eigenvalue weighted by Gasteiger charge is 2.20. The molecule has 0 saturated carbocycles. The van der Waals surface area contributed by atoms with Crippen molar-refractivity contribution in [1.29, 1.82) is 0 Å². The Bertz CT molecular complexity index is 981. The Morgan fingerprint density at radius 2 is 1.90 bits per heavy atom. The van der Waals surface area contributed by atoms with Gasteiger partial charge in [-0.1, -0.05) is 24.3 Å². The molecule has 0 bridgehead atoms. The van der Waals surface area contributed by atoms with Gasteiger partial charge in [0.15, 0.2) is 0 Å². The normalized spacial score (nSPS) is 14.8. The molecule has 1 aliphatic rings. The van der Waals surface area contributed by atoms with E-state index in [2.05, 4.69) is 15.4 Å². The van der Waals surface area contributed by atoms with Crippen LogP contribution in [0.3, 0.4) is 0 Å². The lowest BCUT2D eigenvalue weighted by Gasteiger charge is -2.17. The van der Waals surface area contributed by atoms with Crippen LogP contribution in [0.5, 0.6) is 0 Å². The van der Waals surface area contributed by atoms with Gasteiger partial charge in [0, 0.05) is 25.1 Å². The van der Waals surface area contributed by atoms with Gasteiger partial charge in [-0.3, -0.25) is 9.59 Å². The Morgan fingerprint density at radius 3 is 2.52 bits per heavy atom. The van der Waals surface area contributed by atoms with Crippen LogP contribution in [-0.4, -0.2) is 38.0 Å². The van der Waals surface area contributed by atoms with Crippen LogP contribution in [0.25, 0.3) is 5.69 Å². The predicted molar refractivity (Wildman–Crippen MR) is 108 cm³/mol. The third-order valence-corrected chi connectivity index (χ3v) is 5.18. The quantitative estimate of drug-likeness (QED) is 0.703. The maximum absolute atomic E-state index is 12.6. The summed E-state index contributed by atoms with van der Waals surface area (Å²) in [7, 11) is 0. The number of benzene rings is 2. The molecule has 148 valence electrons. The van der Waals surface area contributed by atoms with Crippen LogP contribution in [-0.2, 0) is 11.3 Å². The summed E-state index contributed by atoms with van der Waals surface area (Å²) in [5, 5.41) is 7.13. The highest BCUT2D eigenvalue weighted by atomic mass is 16.2. The van der Waals surface area contributed by atoms with E-state index in [1.807, 2.05) is 60.4 Å². The first kappa shape index (κ1) is 18.9. The first-order valence-corrected chi connectivity index (χ1v) is 9.73. The molecule has 1 N–H and O–H groups in total. The largest absolute Gasteiger partial charge is 0.346 e. The van der Waals surface area contributed by atoms with E-state index < -0.39 is 0 Å². The number of amides is 2. The zero-order valence-electron chi connectivity index (χ0n) is 16.3. The van der Waals surface area contributed by atoms with Gasteiger partial charge < -0.3 is 10.2 Å². The molecule has 4 rings (SSSR count). The number of carbonyl (C=O) groups excluding carboxylic acids is 2. The number of aromatic nitrogens is 3. The number of nitrogens with one attached hydrogen (secondary N) is 1. The molecule has 2 aromatic carbocycles. The molecular weight excluding hydrogens is 366 g/mol. The van der Waals surface area contributed by atoms with Crippen LogP contribution >= 0.6 is 0 Å². The molecule has 2 amide bonds. The summed E-state index contributed by atoms with van der Waals surface area (Å²) in [4.78, 5) is 30.1. The molecule has 1 aromatic heterocycles. The Morgan fingerprint density at radius 1 is 1.14 bits per heavy atom. The molecule has 1 fully saturated rings. The minimum Gasteiger partial charge on any atom is -0.346 e. The molecule has 0 unspecified atom stereocenters. The van der Waals surface area contributed by atoms with Crippen LogP contribution in [0.1, 0.15) is 47.3 Å². The molecule has 3 aromatic rings. The van der Waals surface area contributed by atoms with Gasteiger partial charge in [-0.25, -0.2) is 9.67 Å². The summed E-state index contributed by atoms with van der Waals surface area (Å²) in [6.45, 7) is 3.37. The SMILES string of the molecule is C[C@@H](NC(=O)c1ccc(CN2CCCC2=O)cc1)c1ccc(-n2cncn2)cc1. The lowest BCUT2D eigenvalue weighted by molar-refractivity contribution is -0.128. The van der Waals surface area contributed by atoms with Crippen LogP contribution in [0.2, 0.25) is 0 Å². The second-order valence-electron chi connectivity index (χ2n) is 7.24. The van der Waals surface area contributed by atoms with Crippen LogP contribution < -0.4 is 5.32 Å². The minimum absolute atomic E-state index is 0.123. The first-order valence-electron chi connectivity index (χ1n) is 9.73. The summed E-state index contributed by atoms with van der Waals surface area (Å²) in [6, 6.07) is 15.2. The van der Waals surface area contributed by atoms with Gasteiger partial charge in [-0.15, -0.1) is 0 Å². The molecule has 7 heteroatoms. The lowest BCUT2D eigenvalue weighted by Crippen LogP contribution is -2.27. The maximum atomic E-state index is 12.6. The molecule has 1 aliphatic heterocycles. The van der Waals surface area contributed by atoms with Crippen molar-refractivity contribution in [2.45, 2.75) is 32.4 Å². The lowest BCUT2D eigenvalue weighted by atomic mass is 10.1. The molecule has 0 aliphatic carbocycles. The van der Waals surface area contributed by atoms with Crippen LogP contribution in [0.15, 0.2) is 61.2 Å². The summed E-state index contributed by atoms with van der Waals surface area (Å²) in [6.07, 6.45) is 4.70. The van der Waals surface area contributed by atoms with Crippen LogP contribution in [0.4, 0.5) is 0 Å². The number of carbonyl (C=O) groups is 2. The Kier molecular flexibility index (Phi) is 5.37.